The second-order valence-corrected chi connectivity index (χ2v) is 6.12. The van der Waals surface area contributed by atoms with Crippen LogP contribution in [-0.2, 0) is 19.5 Å². The highest BCUT2D eigenvalue weighted by Gasteiger charge is 2.26. The molecule has 4 nitrogen and oxygen atoms in total. The van der Waals surface area contributed by atoms with Gasteiger partial charge in [-0.1, -0.05) is 28.1 Å². The molecule has 0 aliphatic heterocycles. The number of halogens is 1. The van der Waals surface area contributed by atoms with Crippen LogP contribution in [0.5, 0.6) is 0 Å². The maximum Gasteiger partial charge on any atom is 0.0826 e. The summed E-state index contributed by atoms with van der Waals surface area (Å²) in [6.07, 6.45) is 2.38. The summed E-state index contributed by atoms with van der Waals surface area (Å²) in [5.74, 6) is 0. The molecule has 3 N–H and O–H groups in total. The van der Waals surface area contributed by atoms with Gasteiger partial charge in [0.25, 0.3) is 0 Å². The number of nitrogens with zero attached hydrogens (tertiary/aromatic N) is 2. The topological polar surface area (TPSA) is 64.1 Å². The predicted octanol–water partition coefficient (Wildman–Crippen LogP) is 2.52. The van der Waals surface area contributed by atoms with Crippen molar-refractivity contribution in [1.29, 1.82) is 0 Å². The summed E-state index contributed by atoms with van der Waals surface area (Å²) in [5, 5.41) is 14.8. The molecule has 20 heavy (non-hydrogen) atoms. The molecule has 1 unspecified atom stereocenters. The fourth-order valence-electron chi connectivity index (χ4n) is 2.87. The summed E-state index contributed by atoms with van der Waals surface area (Å²) < 4.78 is 3.07. The SMILES string of the molecule is NCc1nn(Cc2ccc(Br)cc2)c2c1C(O)CCC2. The van der Waals surface area contributed by atoms with Gasteiger partial charge in [0.1, 0.15) is 0 Å². The van der Waals surface area contributed by atoms with Crippen molar-refractivity contribution in [2.45, 2.75) is 38.5 Å². The summed E-state index contributed by atoms with van der Waals surface area (Å²) in [6.45, 7) is 1.11. The molecule has 0 bridgehead atoms. The van der Waals surface area contributed by atoms with Gasteiger partial charge in [0, 0.05) is 22.3 Å². The van der Waals surface area contributed by atoms with Gasteiger partial charge >= 0.3 is 0 Å². The number of hydrogen-bond acceptors (Lipinski definition) is 3. The van der Waals surface area contributed by atoms with Crippen molar-refractivity contribution in [2.24, 2.45) is 5.73 Å². The molecule has 106 valence electrons. The van der Waals surface area contributed by atoms with Gasteiger partial charge in [-0.3, -0.25) is 4.68 Å². The van der Waals surface area contributed by atoms with Crippen molar-refractivity contribution in [2.75, 3.05) is 0 Å². The molecule has 0 saturated heterocycles. The van der Waals surface area contributed by atoms with Gasteiger partial charge in [-0.2, -0.15) is 5.10 Å². The van der Waals surface area contributed by atoms with E-state index >= 15 is 0 Å². The molecule has 1 aliphatic carbocycles. The van der Waals surface area contributed by atoms with Crippen LogP contribution in [0.15, 0.2) is 28.7 Å². The number of aromatic nitrogens is 2. The Morgan fingerprint density at radius 2 is 2.10 bits per heavy atom. The third kappa shape index (κ3) is 2.53. The zero-order valence-corrected chi connectivity index (χ0v) is 12.8. The summed E-state index contributed by atoms with van der Waals surface area (Å²) in [6, 6.07) is 8.23. The molecular formula is C15H18BrN3O. The number of fused-ring (bicyclic) bond motifs is 1. The summed E-state index contributed by atoms with van der Waals surface area (Å²) >= 11 is 3.44. The van der Waals surface area contributed by atoms with Crippen LogP contribution in [0.1, 0.15) is 41.5 Å². The third-order valence-electron chi connectivity index (χ3n) is 3.84. The molecule has 0 fully saturated rings. The van der Waals surface area contributed by atoms with Gasteiger partial charge < -0.3 is 10.8 Å². The molecule has 1 atom stereocenters. The molecule has 1 aromatic carbocycles. The standard InChI is InChI=1S/C15H18BrN3O/c16-11-6-4-10(5-7-11)9-19-13-2-1-3-14(20)15(13)12(8-17)18-19/h4-7,14,20H,1-3,8-9,17H2. The van der Waals surface area contributed by atoms with Gasteiger partial charge in [-0.25, -0.2) is 0 Å². The number of rotatable bonds is 3. The van der Waals surface area contributed by atoms with E-state index in [1.54, 1.807) is 0 Å². The van der Waals surface area contributed by atoms with Crippen LogP contribution < -0.4 is 5.73 Å². The lowest BCUT2D eigenvalue weighted by Crippen LogP contribution is -2.13. The quantitative estimate of drug-likeness (QED) is 0.905. The monoisotopic (exact) mass is 335 g/mol. The van der Waals surface area contributed by atoms with Gasteiger partial charge in [-0.05, 0) is 37.0 Å². The molecule has 1 aliphatic rings. The Kier molecular flexibility index (Phi) is 3.92. The molecule has 3 rings (SSSR count). The average molecular weight is 336 g/mol. The van der Waals surface area contributed by atoms with E-state index in [1.807, 2.05) is 16.8 Å². The molecule has 0 spiro atoms. The van der Waals surface area contributed by atoms with Gasteiger partial charge in [0.05, 0.1) is 18.3 Å². The summed E-state index contributed by atoms with van der Waals surface area (Å²) in [7, 11) is 0. The smallest absolute Gasteiger partial charge is 0.0826 e. The minimum Gasteiger partial charge on any atom is -0.388 e. The van der Waals surface area contributed by atoms with E-state index in [4.69, 9.17) is 5.73 Å². The van der Waals surface area contributed by atoms with Crippen LogP contribution in [0.3, 0.4) is 0 Å². The van der Waals surface area contributed by atoms with Crippen LogP contribution in [0.25, 0.3) is 0 Å². The Labute approximate surface area is 126 Å². The highest BCUT2D eigenvalue weighted by atomic mass is 79.9. The molecular weight excluding hydrogens is 318 g/mol. The lowest BCUT2D eigenvalue weighted by atomic mass is 9.93. The van der Waals surface area contributed by atoms with Crippen LogP contribution in [-0.4, -0.2) is 14.9 Å². The van der Waals surface area contributed by atoms with E-state index in [9.17, 15) is 5.11 Å². The Bertz CT molecular complexity index is 606. The predicted molar refractivity (Wildman–Crippen MR) is 81.3 cm³/mol. The number of benzene rings is 1. The molecule has 0 radical (unpaired) electrons. The highest BCUT2D eigenvalue weighted by Crippen LogP contribution is 2.32. The van der Waals surface area contributed by atoms with Crippen LogP contribution in [0, 0.1) is 0 Å². The normalized spacial score (nSPS) is 18.1. The number of aliphatic hydroxyl groups is 1. The molecule has 0 saturated carbocycles. The van der Waals surface area contributed by atoms with Crippen molar-refractivity contribution in [3.05, 3.63) is 51.3 Å². The van der Waals surface area contributed by atoms with Crippen molar-refractivity contribution in [3.8, 4) is 0 Å². The first-order chi connectivity index (χ1) is 9.69. The Morgan fingerprint density at radius 1 is 1.35 bits per heavy atom. The second-order valence-electron chi connectivity index (χ2n) is 5.20. The molecule has 0 amide bonds. The highest BCUT2D eigenvalue weighted by molar-refractivity contribution is 9.10. The fraction of sp³-hybridized carbons (Fsp3) is 0.400. The Morgan fingerprint density at radius 3 is 2.80 bits per heavy atom. The summed E-state index contributed by atoms with van der Waals surface area (Å²) in [5.41, 5.74) is 9.92. The first-order valence-corrected chi connectivity index (χ1v) is 7.69. The van der Waals surface area contributed by atoms with Crippen molar-refractivity contribution in [3.63, 3.8) is 0 Å². The van der Waals surface area contributed by atoms with Crippen LogP contribution >= 0.6 is 15.9 Å². The first-order valence-electron chi connectivity index (χ1n) is 6.90. The zero-order valence-electron chi connectivity index (χ0n) is 11.2. The average Bonchev–Trinajstić information content (AvgIpc) is 2.81. The Balaban J connectivity index is 1.95. The maximum absolute atomic E-state index is 10.2. The van der Waals surface area contributed by atoms with Gasteiger partial charge in [0.2, 0.25) is 0 Å². The molecule has 2 aromatic rings. The maximum atomic E-state index is 10.2. The summed E-state index contributed by atoms with van der Waals surface area (Å²) in [4.78, 5) is 0. The van der Waals surface area contributed by atoms with Crippen molar-refractivity contribution >= 4 is 15.9 Å². The van der Waals surface area contributed by atoms with E-state index in [0.717, 1.165) is 47.2 Å². The van der Waals surface area contributed by atoms with Crippen LogP contribution in [0.4, 0.5) is 0 Å². The Hall–Kier alpha value is -1.17. The minimum atomic E-state index is -0.407. The van der Waals surface area contributed by atoms with Crippen molar-refractivity contribution in [1.82, 2.24) is 9.78 Å². The second kappa shape index (κ2) is 5.68. The number of aliphatic hydroxyl groups excluding tert-OH is 1. The largest absolute Gasteiger partial charge is 0.388 e. The number of hydrogen-bond donors (Lipinski definition) is 2. The first kappa shape index (κ1) is 13.8. The van der Waals surface area contributed by atoms with Crippen LogP contribution in [0.2, 0.25) is 0 Å². The van der Waals surface area contributed by atoms with E-state index < -0.39 is 6.10 Å². The molecule has 1 aromatic heterocycles. The number of nitrogens with two attached hydrogens (primary N) is 1. The third-order valence-corrected chi connectivity index (χ3v) is 4.37. The lowest BCUT2D eigenvalue weighted by molar-refractivity contribution is 0.155. The lowest BCUT2D eigenvalue weighted by Gasteiger charge is -2.19. The van der Waals surface area contributed by atoms with E-state index in [-0.39, 0.29) is 0 Å². The molecule has 1 heterocycles. The fourth-order valence-corrected chi connectivity index (χ4v) is 3.13. The van der Waals surface area contributed by atoms with Gasteiger partial charge in [-0.15, -0.1) is 0 Å². The van der Waals surface area contributed by atoms with E-state index in [1.165, 1.54) is 5.56 Å². The molecule has 5 heteroatoms. The van der Waals surface area contributed by atoms with Crippen molar-refractivity contribution < 1.29 is 5.11 Å². The minimum absolute atomic E-state index is 0.382. The zero-order chi connectivity index (χ0) is 14.1. The van der Waals surface area contributed by atoms with Gasteiger partial charge in [0.15, 0.2) is 0 Å². The van der Waals surface area contributed by atoms with E-state index in [2.05, 4.69) is 33.2 Å². The van der Waals surface area contributed by atoms with E-state index in [0.29, 0.717) is 6.54 Å².